The number of carbonyl (C=O) groups is 6. The largest absolute Gasteiger partial charge is 0.614 e. The summed E-state index contributed by atoms with van der Waals surface area (Å²) in [6.07, 6.45) is -1.92. The molecule has 4 atom stereocenters. The maximum Gasteiger partial charge on any atom is 0.413 e. The fourth-order valence-electron chi connectivity index (χ4n) is 3.59. The molecule has 2 aliphatic heterocycles. The summed E-state index contributed by atoms with van der Waals surface area (Å²) in [4.78, 5) is 83.3. The number of carbonyl (C=O) groups excluding carboxylic acids is 6. The Morgan fingerprint density at radius 1 is 1.39 bits per heavy atom. The molecule has 3 rings (SSSR count). The molecule has 1 fully saturated rings. The Morgan fingerprint density at radius 3 is 2.68 bits per heavy atom. The van der Waals surface area contributed by atoms with Gasteiger partial charge in [-0.15, -0.1) is 11.3 Å². The Morgan fingerprint density at radius 2 is 2.10 bits per heavy atom. The number of amides is 3. The van der Waals surface area contributed by atoms with Crippen molar-refractivity contribution >= 4 is 100 Å². The molecule has 15 nitrogen and oxygen atoms in total. The Kier molecular flexibility index (Phi) is 10.9. The van der Waals surface area contributed by atoms with Crippen molar-refractivity contribution in [2.45, 2.75) is 50.3 Å². The molecule has 0 spiro atoms. The van der Waals surface area contributed by atoms with E-state index in [1.54, 1.807) is 20.8 Å². The second-order valence-electron chi connectivity index (χ2n) is 9.48. The van der Waals surface area contributed by atoms with Gasteiger partial charge in [0.25, 0.3) is 17.8 Å². The summed E-state index contributed by atoms with van der Waals surface area (Å²) < 4.78 is 22.9. The number of aldehydes is 2. The van der Waals surface area contributed by atoms with Crippen LogP contribution in [0.1, 0.15) is 32.9 Å². The van der Waals surface area contributed by atoms with Gasteiger partial charge in [0.15, 0.2) is 35.6 Å². The van der Waals surface area contributed by atoms with Gasteiger partial charge in [0, 0.05) is 15.4 Å². The molecule has 0 radical (unpaired) electrons. The molecular formula is C22H25BIN5O10S2. The van der Waals surface area contributed by atoms with Crippen molar-refractivity contribution in [1.29, 1.82) is 0 Å². The van der Waals surface area contributed by atoms with Gasteiger partial charge in [-0.3, -0.25) is 34.2 Å². The Balaban J connectivity index is 1.86. The number of alkyl halides is 1. The second-order valence-corrected chi connectivity index (χ2v) is 12.6. The van der Waals surface area contributed by atoms with Crippen LogP contribution in [0.15, 0.2) is 21.8 Å². The van der Waals surface area contributed by atoms with Crippen LogP contribution >= 0.6 is 33.9 Å². The van der Waals surface area contributed by atoms with E-state index in [1.165, 1.54) is 5.38 Å². The van der Waals surface area contributed by atoms with Crippen molar-refractivity contribution in [3.63, 3.8) is 0 Å². The van der Waals surface area contributed by atoms with Crippen LogP contribution in [0.25, 0.3) is 0 Å². The normalized spacial score (nSPS) is 21.2. The van der Waals surface area contributed by atoms with Crippen molar-refractivity contribution < 1.29 is 47.5 Å². The molecule has 0 bridgehead atoms. The van der Waals surface area contributed by atoms with Gasteiger partial charge in [0.2, 0.25) is 5.37 Å². The van der Waals surface area contributed by atoms with Crippen molar-refractivity contribution in [2.24, 2.45) is 5.16 Å². The Bertz CT molecular complexity index is 1300. The van der Waals surface area contributed by atoms with Crippen LogP contribution in [-0.2, 0) is 49.4 Å². The molecule has 0 saturated carbocycles. The number of anilines is 1. The smallest absolute Gasteiger partial charge is 0.413 e. The highest BCUT2D eigenvalue weighted by molar-refractivity contribution is 14.1. The van der Waals surface area contributed by atoms with Crippen LogP contribution in [0, 0.1) is 0 Å². The summed E-state index contributed by atoms with van der Waals surface area (Å²) in [5.41, 5.74) is -0.738. The van der Waals surface area contributed by atoms with Crippen molar-refractivity contribution in [3.05, 3.63) is 22.3 Å². The highest BCUT2D eigenvalue weighted by Gasteiger charge is 2.59. The topological polar surface area (TPSA) is 206 Å². The SMILES string of the molecule is BOC(=O)C[C@@H](C=O)O/N=C(\C(=O)N[C@@H]1C(=O)N2C(C=O)=C(CI)C[S+]([O-])[C@H]12)c1csc(NC(=O)OC(C)(C)C)n1. The first kappa shape index (κ1) is 32.5. The Hall–Kier alpha value is -3.04. The number of nitrogens with one attached hydrogen (secondary N) is 2. The van der Waals surface area contributed by atoms with E-state index in [0.717, 1.165) is 24.3 Å². The minimum atomic E-state index is -1.61. The number of β-lactam (4-membered cyclic amide) rings is 1. The highest BCUT2D eigenvalue weighted by Crippen LogP contribution is 2.36. The van der Waals surface area contributed by atoms with Gasteiger partial charge in [0.05, 0.1) is 12.1 Å². The molecule has 3 amide bonds. The zero-order valence-corrected chi connectivity index (χ0v) is 26.0. The molecule has 0 aliphatic carbocycles. The van der Waals surface area contributed by atoms with Crippen LogP contribution < -0.4 is 10.6 Å². The number of rotatable bonds is 11. The minimum Gasteiger partial charge on any atom is -0.614 e. The summed E-state index contributed by atoms with van der Waals surface area (Å²) in [5, 5.41) is 8.97. The molecule has 41 heavy (non-hydrogen) atoms. The number of ether oxygens (including phenoxy) is 1. The molecule has 0 aromatic carbocycles. The van der Waals surface area contributed by atoms with Crippen LogP contribution in [0.4, 0.5) is 9.93 Å². The zero-order valence-electron chi connectivity index (χ0n) is 22.2. The van der Waals surface area contributed by atoms with Gasteiger partial charge in [-0.05, 0) is 31.9 Å². The number of oxime groups is 1. The first-order valence-electron chi connectivity index (χ1n) is 11.8. The molecule has 1 saturated heterocycles. The number of nitrogens with zero attached hydrogens (tertiary/aromatic N) is 3. The summed E-state index contributed by atoms with van der Waals surface area (Å²) in [6.45, 7) is 5.01. The predicted octanol–water partition coefficient (Wildman–Crippen LogP) is -0.437. The number of allylic oxidation sites excluding steroid dienone is 1. The molecular weight excluding hydrogens is 696 g/mol. The fraction of sp³-hybridized carbons (Fsp3) is 0.455. The third-order valence-corrected chi connectivity index (χ3v) is 8.74. The summed E-state index contributed by atoms with van der Waals surface area (Å²) in [7, 11) is 1.11. The molecule has 220 valence electrons. The van der Waals surface area contributed by atoms with E-state index in [-0.39, 0.29) is 28.6 Å². The predicted molar refractivity (Wildman–Crippen MR) is 156 cm³/mol. The fourth-order valence-corrected chi connectivity index (χ4v) is 7.01. The van der Waals surface area contributed by atoms with E-state index in [0.29, 0.717) is 16.3 Å². The van der Waals surface area contributed by atoms with E-state index in [1.807, 2.05) is 22.6 Å². The molecule has 2 aliphatic rings. The number of thiazole rings is 1. The van der Waals surface area contributed by atoms with Crippen LogP contribution in [0.3, 0.4) is 0 Å². The highest BCUT2D eigenvalue weighted by atomic mass is 127. The summed E-state index contributed by atoms with van der Waals surface area (Å²) in [6, 6.07) is -1.26. The van der Waals surface area contributed by atoms with Crippen LogP contribution in [0.2, 0.25) is 0 Å². The maximum absolute atomic E-state index is 13.3. The molecule has 1 unspecified atom stereocenters. The molecule has 19 heteroatoms. The third kappa shape index (κ3) is 7.83. The van der Waals surface area contributed by atoms with Crippen LogP contribution in [-0.4, -0.2) is 97.9 Å². The summed E-state index contributed by atoms with van der Waals surface area (Å²) in [5.74, 6) is -2.36. The lowest BCUT2D eigenvalue weighted by Crippen LogP contribution is -2.74. The minimum absolute atomic E-state index is 0.0302. The average molecular weight is 721 g/mol. The van der Waals surface area contributed by atoms with Gasteiger partial charge >= 0.3 is 14.1 Å². The molecule has 3 heterocycles. The monoisotopic (exact) mass is 721 g/mol. The maximum atomic E-state index is 13.3. The van der Waals surface area contributed by atoms with Crippen molar-refractivity contribution in [3.8, 4) is 0 Å². The summed E-state index contributed by atoms with van der Waals surface area (Å²) >= 11 is 1.31. The Labute approximate surface area is 255 Å². The zero-order chi connectivity index (χ0) is 30.5. The van der Waals surface area contributed by atoms with E-state index >= 15 is 0 Å². The quantitative estimate of drug-likeness (QED) is 0.0438. The lowest BCUT2D eigenvalue weighted by molar-refractivity contribution is -0.146. The van der Waals surface area contributed by atoms with Crippen molar-refractivity contribution in [1.82, 2.24) is 15.2 Å². The van der Waals surface area contributed by atoms with Crippen LogP contribution in [0.5, 0.6) is 0 Å². The standard InChI is InChI=1S/C22H25BIN5O10S2/c1-22(2,3)37-21(35)27-20-25-12(8-40-20)15(28-39-11(6-30)4-14(32)38-23)17(33)26-16-18(34)29-13(7-31)10(5-24)9-41(36)19(16)29/h6-8,11,16,19H,4-5,9,23H2,1-3H3,(H,26,33)(H,25,27,35)/b28-15-/t11-,16+,19+,41?/m0/s1. The van der Waals surface area contributed by atoms with Gasteiger partial charge in [-0.25, -0.2) is 9.78 Å². The van der Waals surface area contributed by atoms with E-state index in [4.69, 9.17) is 9.57 Å². The number of fused-ring (bicyclic) bond motifs is 1. The van der Waals surface area contributed by atoms with E-state index in [9.17, 15) is 33.3 Å². The lowest BCUT2D eigenvalue weighted by Gasteiger charge is -2.48. The molecule has 2 N–H and O–H groups in total. The number of halogens is 1. The van der Waals surface area contributed by atoms with E-state index < -0.39 is 70.3 Å². The number of aromatic nitrogens is 1. The first-order chi connectivity index (χ1) is 19.3. The number of hydrogen-bond acceptors (Lipinski definition) is 13. The van der Waals surface area contributed by atoms with Crippen molar-refractivity contribution in [2.75, 3.05) is 15.5 Å². The van der Waals surface area contributed by atoms with E-state index in [2.05, 4.69) is 25.4 Å². The van der Waals surface area contributed by atoms with Gasteiger partial charge in [0.1, 0.15) is 17.0 Å². The first-order valence-corrected chi connectivity index (χ1v) is 15.6. The lowest BCUT2D eigenvalue weighted by atomic mass is 10.0. The van der Waals surface area contributed by atoms with Gasteiger partial charge < -0.3 is 24.1 Å². The average Bonchev–Trinajstić information content (AvgIpc) is 3.36. The molecule has 1 aromatic heterocycles. The molecule has 1 aromatic rings. The third-order valence-electron chi connectivity index (χ3n) is 5.41. The van der Waals surface area contributed by atoms with Gasteiger partial charge in [-0.2, -0.15) is 0 Å². The number of hydrogen-bond donors (Lipinski definition) is 2. The second kappa shape index (κ2) is 13.8. The van der Waals surface area contributed by atoms with Gasteiger partial charge in [-0.1, -0.05) is 27.7 Å².